The Balaban J connectivity index is 1.31. The van der Waals surface area contributed by atoms with Crippen molar-refractivity contribution in [2.45, 2.75) is 31.7 Å². The molecule has 3 heterocycles. The average molecular weight is 416 g/mol. The van der Waals surface area contributed by atoms with Crippen LogP contribution in [0.3, 0.4) is 0 Å². The van der Waals surface area contributed by atoms with E-state index < -0.39 is 0 Å². The van der Waals surface area contributed by atoms with E-state index in [0.29, 0.717) is 18.9 Å². The molecule has 1 N–H and O–H groups in total. The molecule has 0 spiro atoms. The Bertz CT molecular complexity index is 1030. The van der Waals surface area contributed by atoms with Crippen molar-refractivity contribution in [1.82, 2.24) is 25.0 Å². The van der Waals surface area contributed by atoms with Crippen LogP contribution in [0.15, 0.2) is 60.7 Å². The van der Waals surface area contributed by atoms with E-state index in [1.54, 1.807) is 0 Å². The van der Waals surface area contributed by atoms with Gasteiger partial charge in [-0.15, -0.1) is 0 Å². The normalized spacial score (nSPS) is 23.3. The molecule has 2 aliphatic rings. The molecule has 0 bridgehead atoms. The monoisotopic (exact) mass is 415 g/mol. The van der Waals surface area contributed by atoms with Gasteiger partial charge in [0, 0.05) is 45.1 Å². The topological polar surface area (TPSA) is 65.1 Å². The smallest absolute Gasteiger partial charge is 0.222 e. The van der Waals surface area contributed by atoms with Crippen LogP contribution in [0, 0.1) is 12.8 Å². The van der Waals surface area contributed by atoms with Crippen LogP contribution in [0.5, 0.6) is 0 Å². The molecular weight excluding hydrogens is 386 g/mol. The van der Waals surface area contributed by atoms with Gasteiger partial charge in [0.1, 0.15) is 5.82 Å². The summed E-state index contributed by atoms with van der Waals surface area (Å²) in [6.45, 7) is 6.19. The van der Waals surface area contributed by atoms with Crippen LogP contribution in [-0.4, -0.2) is 57.1 Å². The van der Waals surface area contributed by atoms with Crippen molar-refractivity contribution < 1.29 is 4.79 Å². The second-order valence-corrected chi connectivity index (χ2v) is 9.01. The number of aryl methyl sites for hydroxylation is 2. The van der Waals surface area contributed by atoms with E-state index in [1.165, 1.54) is 11.1 Å². The molecule has 2 fully saturated rings. The number of fused-ring (bicyclic) bond motifs is 1. The minimum atomic E-state index is -0.193. The van der Waals surface area contributed by atoms with E-state index in [2.05, 4.69) is 62.5 Å². The number of likely N-dealkylation sites (tertiary alicyclic amines) is 2. The molecule has 2 atom stereocenters. The van der Waals surface area contributed by atoms with Crippen LogP contribution >= 0.6 is 0 Å². The zero-order chi connectivity index (χ0) is 21.3. The van der Waals surface area contributed by atoms with Crippen LogP contribution in [0.1, 0.15) is 29.2 Å². The molecule has 0 unspecified atom stereocenters. The maximum absolute atomic E-state index is 13.1. The summed E-state index contributed by atoms with van der Waals surface area (Å²) in [6.07, 6.45) is 1.33. The summed E-state index contributed by atoms with van der Waals surface area (Å²) in [7, 11) is 0. The van der Waals surface area contributed by atoms with Crippen molar-refractivity contribution >= 4 is 5.91 Å². The molecular formula is C25H29N5O. The van der Waals surface area contributed by atoms with Gasteiger partial charge >= 0.3 is 0 Å². The van der Waals surface area contributed by atoms with Gasteiger partial charge in [-0.2, -0.15) is 5.10 Å². The molecule has 160 valence electrons. The van der Waals surface area contributed by atoms with E-state index in [1.807, 2.05) is 25.1 Å². The first-order valence-electron chi connectivity index (χ1n) is 11.1. The summed E-state index contributed by atoms with van der Waals surface area (Å²) in [5.74, 6) is 2.29. The highest BCUT2D eigenvalue weighted by Crippen LogP contribution is 2.44. The summed E-state index contributed by atoms with van der Waals surface area (Å²) in [6, 6.07) is 20.8. The number of hydrogen-bond acceptors (Lipinski definition) is 4. The van der Waals surface area contributed by atoms with Crippen molar-refractivity contribution in [3.63, 3.8) is 0 Å². The molecule has 0 radical (unpaired) electrons. The first-order chi connectivity index (χ1) is 15.1. The molecule has 0 saturated carbocycles. The fraction of sp³-hybridized carbons (Fsp3) is 0.400. The Hall–Kier alpha value is -2.99. The molecule has 1 amide bonds. The van der Waals surface area contributed by atoms with Gasteiger partial charge in [0.2, 0.25) is 5.91 Å². The van der Waals surface area contributed by atoms with Gasteiger partial charge in [-0.3, -0.25) is 14.8 Å². The van der Waals surface area contributed by atoms with Gasteiger partial charge in [-0.25, -0.2) is 4.98 Å². The third-order valence-corrected chi connectivity index (χ3v) is 6.79. The number of carbonyl (C=O) groups is 1. The van der Waals surface area contributed by atoms with Crippen molar-refractivity contribution in [3.05, 3.63) is 83.4 Å². The summed E-state index contributed by atoms with van der Waals surface area (Å²) in [4.78, 5) is 22.3. The van der Waals surface area contributed by atoms with Crippen molar-refractivity contribution in [2.24, 2.45) is 5.92 Å². The molecule has 2 saturated heterocycles. The molecule has 0 aliphatic carbocycles. The van der Waals surface area contributed by atoms with E-state index in [0.717, 1.165) is 44.2 Å². The zero-order valence-electron chi connectivity index (χ0n) is 18.0. The third kappa shape index (κ3) is 4.00. The number of nitrogens with zero attached hydrogens (tertiary/aromatic N) is 4. The van der Waals surface area contributed by atoms with E-state index in [4.69, 9.17) is 4.98 Å². The van der Waals surface area contributed by atoms with Gasteiger partial charge < -0.3 is 4.90 Å². The third-order valence-electron chi connectivity index (χ3n) is 6.79. The number of benzene rings is 2. The molecule has 5 rings (SSSR count). The second-order valence-electron chi connectivity index (χ2n) is 9.01. The van der Waals surface area contributed by atoms with Gasteiger partial charge in [-0.05, 0) is 24.5 Å². The number of amides is 1. The molecule has 2 aliphatic heterocycles. The van der Waals surface area contributed by atoms with Gasteiger partial charge in [0.25, 0.3) is 0 Å². The van der Waals surface area contributed by atoms with Crippen LogP contribution in [0.2, 0.25) is 0 Å². The molecule has 3 aromatic rings. The van der Waals surface area contributed by atoms with Crippen LogP contribution < -0.4 is 0 Å². The molecule has 1 aromatic heterocycles. The number of carbonyl (C=O) groups excluding carboxylic acids is 1. The van der Waals surface area contributed by atoms with E-state index in [9.17, 15) is 4.79 Å². The quantitative estimate of drug-likeness (QED) is 0.672. The molecule has 6 nitrogen and oxygen atoms in total. The highest BCUT2D eigenvalue weighted by Gasteiger charge is 2.56. The van der Waals surface area contributed by atoms with Gasteiger partial charge in [0.15, 0.2) is 5.82 Å². The van der Waals surface area contributed by atoms with Crippen molar-refractivity contribution in [3.8, 4) is 0 Å². The lowest BCUT2D eigenvalue weighted by Gasteiger charge is -2.27. The first kappa shape index (κ1) is 19.9. The molecule has 31 heavy (non-hydrogen) atoms. The number of aromatic nitrogens is 3. The summed E-state index contributed by atoms with van der Waals surface area (Å²) >= 11 is 0. The Morgan fingerprint density at radius 2 is 1.74 bits per heavy atom. The maximum Gasteiger partial charge on any atom is 0.222 e. The Morgan fingerprint density at radius 3 is 2.42 bits per heavy atom. The number of aromatic amines is 1. The Labute approximate surface area is 183 Å². The highest BCUT2D eigenvalue weighted by molar-refractivity contribution is 5.77. The largest absolute Gasteiger partial charge is 0.341 e. The van der Waals surface area contributed by atoms with Crippen molar-refractivity contribution in [1.29, 1.82) is 0 Å². The molecule has 2 aromatic carbocycles. The Kier molecular flexibility index (Phi) is 5.32. The summed E-state index contributed by atoms with van der Waals surface area (Å²) in [5, 5.41) is 7.58. The van der Waals surface area contributed by atoms with Gasteiger partial charge in [0.05, 0.1) is 5.41 Å². The van der Waals surface area contributed by atoms with Crippen molar-refractivity contribution in [2.75, 3.05) is 26.2 Å². The highest BCUT2D eigenvalue weighted by atomic mass is 16.2. The minimum Gasteiger partial charge on any atom is -0.341 e. The zero-order valence-corrected chi connectivity index (χ0v) is 18.0. The lowest BCUT2D eigenvalue weighted by Crippen LogP contribution is -2.40. The summed E-state index contributed by atoms with van der Waals surface area (Å²) in [5.41, 5.74) is 2.34. The van der Waals surface area contributed by atoms with E-state index >= 15 is 0 Å². The number of rotatable bonds is 6. The fourth-order valence-corrected chi connectivity index (χ4v) is 5.26. The van der Waals surface area contributed by atoms with E-state index in [-0.39, 0.29) is 11.3 Å². The summed E-state index contributed by atoms with van der Waals surface area (Å²) < 4.78 is 0. The van der Waals surface area contributed by atoms with Crippen LogP contribution in [0.25, 0.3) is 0 Å². The fourth-order valence-electron chi connectivity index (χ4n) is 5.26. The standard InChI is InChI=1S/C25H29N5O/c1-19-26-24(28-27-19)25-17-29(14-21-10-6-3-7-11-21)15-22(25)16-30(18-25)23(31)13-12-20-8-4-2-5-9-20/h2-11,22H,12-18H2,1H3,(H,26,27,28)/t22-,25-/m0/s1. The lowest BCUT2D eigenvalue weighted by molar-refractivity contribution is -0.130. The minimum absolute atomic E-state index is 0.193. The van der Waals surface area contributed by atoms with Crippen LogP contribution in [-0.2, 0) is 23.2 Å². The first-order valence-corrected chi connectivity index (χ1v) is 11.1. The lowest BCUT2D eigenvalue weighted by atomic mass is 9.80. The maximum atomic E-state index is 13.1. The number of H-pyrrole nitrogens is 1. The predicted molar refractivity (Wildman–Crippen MR) is 119 cm³/mol. The predicted octanol–water partition coefficient (Wildman–Crippen LogP) is 2.96. The number of nitrogens with one attached hydrogen (secondary N) is 1. The Morgan fingerprint density at radius 1 is 1.03 bits per heavy atom. The van der Waals surface area contributed by atoms with Gasteiger partial charge in [-0.1, -0.05) is 60.7 Å². The number of hydrogen-bond donors (Lipinski definition) is 1. The van der Waals surface area contributed by atoms with Crippen LogP contribution in [0.4, 0.5) is 0 Å². The molecule has 6 heteroatoms. The second kappa shape index (κ2) is 8.27. The SMILES string of the molecule is Cc1nc([C@]23CN(Cc4ccccc4)C[C@H]2CN(C(=O)CCc2ccccc2)C3)n[nH]1. The average Bonchev–Trinajstić information content (AvgIpc) is 3.46.